The van der Waals surface area contributed by atoms with Crippen molar-refractivity contribution in [3.8, 4) is 5.75 Å². The number of ether oxygens (including phenoxy) is 1. The van der Waals surface area contributed by atoms with Gasteiger partial charge in [0.25, 0.3) is 0 Å². The molecule has 1 aliphatic rings. The highest BCUT2D eigenvalue weighted by molar-refractivity contribution is 7.09. The van der Waals surface area contributed by atoms with Crippen LogP contribution in [0.4, 0.5) is 0 Å². The molecule has 3 rings (SSSR count). The van der Waals surface area contributed by atoms with Crippen LogP contribution in [0.2, 0.25) is 0 Å². The van der Waals surface area contributed by atoms with Crippen LogP contribution in [0.1, 0.15) is 36.2 Å². The molecule has 5 heteroatoms. The molecule has 1 aromatic heterocycles. The summed E-state index contributed by atoms with van der Waals surface area (Å²) in [7, 11) is 0. The molecule has 20 heavy (non-hydrogen) atoms. The standard InChI is InChI=1S/C15H15NO3S/c1-15(2,14(17)18)12-8-20-13(16-12)11-7-9-5-3-4-6-10(9)19-11/h3-6,8,11H,7H2,1-2H3,(H,17,18). The number of benzene rings is 1. The molecule has 1 N–H and O–H groups in total. The average Bonchev–Trinajstić information content (AvgIpc) is 3.05. The van der Waals surface area contributed by atoms with Gasteiger partial charge in [0.2, 0.25) is 0 Å². The molecule has 0 fully saturated rings. The molecule has 1 aliphatic heterocycles. The monoisotopic (exact) mass is 289 g/mol. The molecular formula is C15H15NO3S. The molecule has 0 aliphatic carbocycles. The zero-order chi connectivity index (χ0) is 14.3. The lowest BCUT2D eigenvalue weighted by Gasteiger charge is -2.16. The van der Waals surface area contributed by atoms with Crippen molar-refractivity contribution < 1.29 is 14.6 Å². The van der Waals surface area contributed by atoms with Crippen molar-refractivity contribution in [1.82, 2.24) is 4.98 Å². The highest BCUT2D eigenvalue weighted by Crippen LogP contribution is 2.38. The first kappa shape index (κ1) is 13.1. The van der Waals surface area contributed by atoms with E-state index in [1.54, 1.807) is 13.8 Å². The Morgan fingerprint density at radius 3 is 2.90 bits per heavy atom. The number of aliphatic carboxylic acids is 1. The number of para-hydroxylation sites is 1. The summed E-state index contributed by atoms with van der Waals surface area (Å²) in [5.74, 6) is 0.0247. The maximum absolute atomic E-state index is 11.3. The summed E-state index contributed by atoms with van der Waals surface area (Å²) in [6.45, 7) is 3.33. The number of thiazole rings is 1. The molecule has 1 atom stereocenters. The van der Waals surface area contributed by atoms with Crippen molar-refractivity contribution >= 4 is 17.3 Å². The van der Waals surface area contributed by atoms with Crippen LogP contribution < -0.4 is 4.74 Å². The topological polar surface area (TPSA) is 59.4 Å². The SMILES string of the molecule is CC(C)(C(=O)O)c1csc(C2Cc3ccccc3O2)n1. The third kappa shape index (κ3) is 2.08. The van der Waals surface area contributed by atoms with Gasteiger partial charge in [-0.3, -0.25) is 4.79 Å². The highest BCUT2D eigenvalue weighted by atomic mass is 32.1. The summed E-state index contributed by atoms with van der Waals surface area (Å²) in [6.07, 6.45) is 0.687. The number of carboxylic acid groups (broad SMARTS) is 1. The lowest BCUT2D eigenvalue weighted by atomic mass is 9.90. The van der Waals surface area contributed by atoms with Crippen molar-refractivity contribution in [2.45, 2.75) is 31.8 Å². The van der Waals surface area contributed by atoms with Gasteiger partial charge in [-0.25, -0.2) is 4.98 Å². The van der Waals surface area contributed by atoms with E-state index in [9.17, 15) is 9.90 Å². The molecule has 2 heterocycles. The van der Waals surface area contributed by atoms with Crippen LogP contribution >= 0.6 is 11.3 Å². The minimum absolute atomic E-state index is 0.101. The van der Waals surface area contributed by atoms with E-state index in [0.717, 1.165) is 17.2 Å². The first-order chi connectivity index (χ1) is 9.48. The summed E-state index contributed by atoms with van der Waals surface area (Å²) in [5, 5.41) is 11.9. The van der Waals surface area contributed by atoms with Gasteiger partial charge in [-0.1, -0.05) is 18.2 Å². The van der Waals surface area contributed by atoms with Crippen molar-refractivity contribution in [3.63, 3.8) is 0 Å². The largest absolute Gasteiger partial charge is 0.483 e. The average molecular weight is 289 g/mol. The fourth-order valence-electron chi connectivity index (χ4n) is 2.15. The van der Waals surface area contributed by atoms with E-state index in [1.165, 1.54) is 16.9 Å². The van der Waals surface area contributed by atoms with Gasteiger partial charge in [0.05, 0.1) is 5.69 Å². The van der Waals surface area contributed by atoms with Crippen LogP contribution in [0.25, 0.3) is 0 Å². The molecule has 0 bridgehead atoms. The normalized spacial score (nSPS) is 17.6. The van der Waals surface area contributed by atoms with Crippen LogP contribution in [-0.4, -0.2) is 16.1 Å². The number of carboxylic acids is 1. The van der Waals surface area contributed by atoms with Gasteiger partial charge in [-0.05, 0) is 25.5 Å². The Labute approximate surface area is 121 Å². The fourth-order valence-corrected chi connectivity index (χ4v) is 3.17. The molecule has 0 amide bonds. The second-order valence-corrected chi connectivity index (χ2v) is 6.31. The van der Waals surface area contributed by atoms with Crippen molar-refractivity contribution in [2.24, 2.45) is 0 Å². The van der Waals surface area contributed by atoms with Crippen LogP contribution in [-0.2, 0) is 16.6 Å². The maximum atomic E-state index is 11.3. The van der Waals surface area contributed by atoms with Gasteiger partial charge in [0.15, 0.2) is 6.10 Å². The Kier molecular flexibility index (Phi) is 3.01. The van der Waals surface area contributed by atoms with E-state index >= 15 is 0 Å². The van der Waals surface area contributed by atoms with Crippen molar-refractivity contribution in [2.75, 3.05) is 0 Å². The Hall–Kier alpha value is -1.88. The predicted octanol–water partition coefficient (Wildman–Crippen LogP) is 3.18. The lowest BCUT2D eigenvalue weighted by Crippen LogP contribution is -2.29. The van der Waals surface area contributed by atoms with Gasteiger partial charge in [0.1, 0.15) is 16.2 Å². The molecule has 0 radical (unpaired) electrons. The van der Waals surface area contributed by atoms with E-state index in [2.05, 4.69) is 4.98 Å². The molecule has 1 unspecified atom stereocenters. The number of hydrogen-bond donors (Lipinski definition) is 1. The minimum atomic E-state index is -0.972. The van der Waals surface area contributed by atoms with Crippen LogP contribution in [0.15, 0.2) is 29.6 Å². The number of fused-ring (bicyclic) bond motifs is 1. The molecule has 104 valence electrons. The number of hydrogen-bond acceptors (Lipinski definition) is 4. The van der Waals surface area contributed by atoms with E-state index in [0.29, 0.717) is 5.69 Å². The quantitative estimate of drug-likeness (QED) is 0.942. The van der Waals surface area contributed by atoms with Gasteiger partial charge < -0.3 is 9.84 Å². The molecule has 2 aromatic rings. The third-order valence-electron chi connectivity index (χ3n) is 3.62. The van der Waals surface area contributed by atoms with Crippen LogP contribution in [0.5, 0.6) is 5.75 Å². The maximum Gasteiger partial charge on any atom is 0.315 e. The van der Waals surface area contributed by atoms with Crippen molar-refractivity contribution in [3.05, 3.63) is 45.9 Å². The van der Waals surface area contributed by atoms with Crippen molar-refractivity contribution in [1.29, 1.82) is 0 Å². The van der Waals surface area contributed by atoms with Gasteiger partial charge in [0, 0.05) is 11.8 Å². The molecule has 0 saturated heterocycles. The van der Waals surface area contributed by atoms with Crippen LogP contribution in [0.3, 0.4) is 0 Å². The van der Waals surface area contributed by atoms with E-state index in [4.69, 9.17) is 4.74 Å². The summed E-state index contributed by atoms with van der Waals surface area (Å²) >= 11 is 1.46. The Morgan fingerprint density at radius 2 is 2.20 bits per heavy atom. The predicted molar refractivity (Wildman–Crippen MR) is 76.3 cm³/mol. The summed E-state index contributed by atoms with van der Waals surface area (Å²) in [6, 6.07) is 7.93. The number of nitrogens with zero attached hydrogens (tertiary/aromatic N) is 1. The number of aromatic nitrogens is 1. The summed E-state index contributed by atoms with van der Waals surface area (Å²) < 4.78 is 5.88. The first-order valence-corrected chi connectivity index (χ1v) is 7.30. The minimum Gasteiger partial charge on any atom is -0.483 e. The second-order valence-electron chi connectivity index (χ2n) is 5.42. The number of carbonyl (C=O) groups is 1. The fraction of sp³-hybridized carbons (Fsp3) is 0.333. The third-order valence-corrected chi connectivity index (χ3v) is 4.56. The first-order valence-electron chi connectivity index (χ1n) is 6.42. The molecular weight excluding hydrogens is 274 g/mol. The van der Waals surface area contributed by atoms with E-state index in [-0.39, 0.29) is 6.10 Å². The van der Waals surface area contributed by atoms with Gasteiger partial charge in [-0.15, -0.1) is 11.3 Å². The van der Waals surface area contributed by atoms with E-state index < -0.39 is 11.4 Å². The lowest BCUT2D eigenvalue weighted by molar-refractivity contribution is -0.142. The zero-order valence-electron chi connectivity index (χ0n) is 11.3. The Balaban J connectivity index is 1.85. The Morgan fingerprint density at radius 1 is 1.45 bits per heavy atom. The molecule has 0 spiro atoms. The molecule has 1 aromatic carbocycles. The van der Waals surface area contributed by atoms with Gasteiger partial charge in [-0.2, -0.15) is 0 Å². The second kappa shape index (κ2) is 4.59. The van der Waals surface area contributed by atoms with Gasteiger partial charge >= 0.3 is 5.97 Å². The molecule has 0 saturated carbocycles. The Bertz CT molecular complexity index is 638. The summed E-state index contributed by atoms with van der Waals surface area (Å²) in [5.41, 5.74) is 0.788. The van der Waals surface area contributed by atoms with E-state index in [1.807, 2.05) is 29.6 Å². The smallest absolute Gasteiger partial charge is 0.315 e. The van der Waals surface area contributed by atoms with Crippen LogP contribution in [0, 0.1) is 0 Å². The zero-order valence-corrected chi connectivity index (χ0v) is 12.1. The highest BCUT2D eigenvalue weighted by Gasteiger charge is 2.34. The number of rotatable bonds is 3. The molecule has 4 nitrogen and oxygen atoms in total. The summed E-state index contributed by atoms with van der Waals surface area (Å²) in [4.78, 5) is 15.7.